The summed E-state index contributed by atoms with van der Waals surface area (Å²) in [5.41, 5.74) is 1.94. The molecule has 2 amide bonds. The molecule has 2 atom stereocenters. The van der Waals surface area contributed by atoms with Gasteiger partial charge in [0.2, 0.25) is 5.91 Å². The van der Waals surface area contributed by atoms with Gasteiger partial charge >= 0.3 is 0 Å². The Morgan fingerprint density at radius 1 is 1.11 bits per heavy atom. The quantitative estimate of drug-likeness (QED) is 0.677. The lowest BCUT2D eigenvalue weighted by atomic mass is 10.0. The molecule has 7 heteroatoms. The molecule has 0 saturated carbocycles. The zero-order valence-corrected chi connectivity index (χ0v) is 17.8. The van der Waals surface area contributed by atoms with E-state index in [1.165, 1.54) is 0 Å². The van der Waals surface area contributed by atoms with Gasteiger partial charge in [0.05, 0.1) is 0 Å². The smallest absolute Gasteiger partial charge is 0.251 e. The highest BCUT2D eigenvalue weighted by Crippen LogP contribution is 2.15. The molecule has 5 nitrogen and oxygen atoms in total. The van der Waals surface area contributed by atoms with Gasteiger partial charge in [-0.3, -0.25) is 13.8 Å². The first-order valence-corrected chi connectivity index (χ1v) is 11.1. The number of rotatable bonds is 8. The van der Waals surface area contributed by atoms with Gasteiger partial charge in [0.15, 0.2) is 0 Å². The Morgan fingerprint density at radius 2 is 1.79 bits per heavy atom. The Bertz CT molecular complexity index is 853. The summed E-state index contributed by atoms with van der Waals surface area (Å²) in [5.74, 6) is 0.0281. The summed E-state index contributed by atoms with van der Waals surface area (Å²) in [6, 6.07) is 13.1. The summed E-state index contributed by atoms with van der Waals surface area (Å²) in [4.78, 5) is 25.3. The number of hydrogen-bond donors (Lipinski definition) is 2. The summed E-state index contributed by atoms with van der Waals surface area (Å²) < 4.78 is 11.4. The van der Waals surface area contributed by atoms with Gasteiger partial charge in [0, 0.05) is 39.1 Å². The number of carbonyl (C=O) groups excluding carboxylic acids is 2. The Morgan fingerprint density at radius 3 is 2.39 bits per heavy atom. The number of benzene rings is 2. The van der Waals surface area contributed by atoms with Crippen molar-refractivity contribution < 1.29 is 13.8 Å². The van der Waals surface area contributed by atoms with E-state index in [-0.39, 0.29) is 17.7 Å². The van der Waals surface area contributed by atoms with Gasteiger partial charge < -0.3 is 10.6 Å². The van der Waals surface area contributed by atoms with Gasteiger partial charge in [-0.2, -0.15) is 0 Å². The average Bonchev–Trinajstić information content (AvgIpc) is 2.61. The van der Waals surface area contributed by atoms with E-state index < -0.39 is 16.8 Å². The molecule has 2 unspecified atom stereocenters. The van der Waals surface area contributed by atoms with Crippen molar-refractivity contribution >= 4 is 39.9 Å². The second-order valence-corrected chi connectivity index (χ2v) is 8.94. The minimum Gasteiger partial charge on any atom is -0.340 e. The first-order chi connectivity index (χ1) is 13.2. The summed E-state index contributed by atoms with van der Waals surface area (Å²) in [7, 11) is -0.964. The van der Waals surface area contributed by atoms with Crippen LogP contribution in [-0.2, 0) is 21.3 Å². The molecule has 0 aliphatic carbocycles. The number of amides is 2. The maximum absolute atomic E-state index is 12.8. The van der Waals surface area contributed by atoms with Crippen LogP contribution in [0.5, 0.6) is 0 Å². The molecule has 0 bridgehead atoms. The standard InChI is InChI=1S/C21H25ClN2O3S/c1-14(2)11-19(24-20(25)16-7-9-17(22)10-8-16)21(26)23-18-6-4-5-15(12-18)13-28(3)27/h4-10,12,14,19H,11,13H2,1-3H3,(H,23,26)(H,24,25). The van der Waals surface area contributed by atoms with Gasteiger partial charge in [-0.15, -0.1) is 0 Å². The zero-order valence-electron chi connectivity index (χ0n) is 16.2. The lowest BCUT2D eigenvalue weighted by Gasteiger charge is -2.20. The molecule has 0 saturated heterocycles. The molecular formula is C21H25ClN2O3S. The second kappa shape index (κ2) is 10.4. The third-order valence-electron chi connectivity index (χ3n) is 4.00. The van der Waals surface area contributed by atoms with Crippen molar-refractivity contribution in [2.75, 3.05) is 11.6 Å². The number of carbonyl (C=O) groups is 2. The van der Waals surface area contributed by atoms with E-state index >= 15 is 0 Å². The van der Waals surface area contributed by atoms with Crippen LogP contribution in [0.4, 0.5) is 5.69 Å². The molecule has 150 valence electrons. The SMILES string of the molecule is CC(C)CC(NC(=O)c1ccc(Cl)cc1)C(=O)Nc1cccc(CS(C)=O)c1. The van der Waals surface area contributed by atoms with Crippen LogP contribution in [0.2, 0.25) is 5.02 Å². The summed E-state index contributed by atoms with van der Waals surface area (Å²) >= 11 is 5.86. The summed E-state index contributed by atoms with van der Waals surface area (Å²) in [5, 5.41) is 6.20. The van der Waals surface area contributed by atoms with Crippen LogP contribution in [0.1, 0.15) is 36.2 Å². The molecular weight excluding hydrogens is 396 g/mol. The van der Waals surface area contributed by atoms with Crippen LogP contribution in [0.25, 0.3) is 0 Å². The fourth-order valence-corrected chi connectivity index (χ4v) is 3.52. The second-order valence-electron chi connectivity index (χ2n) is 7.07. The van der Waals surface area contributed by atoms with E-state index in [4.69, 9.17) is 11.6 Å². The van der Waals surface area contributed by atoms with Crippen LogP contribution >= 0.6 is 11.6 Å². The highest BCUT2D eigenvalue weighted by molar-refractivity contribution is 7.83. The molecule has 2 N–H and O–H groups in total. The van der Waals surface area contributed by atoms with E-state index in [0.717, 1.165) is 5.56 Å². The third kappa shape index (κ3) is 7.09. The Labute approximate surface area is 173 Å². The van der Waals surface area contributed by atoms with Crippen LogP contribution in [-0.4, -0.2) is 28.3 Å². The Balaban J connectivity index is 2.11. The lowest BCUT2D eigenvalue weighted by molar-refractivity contribution is -0.118. The van der Waals surface area contributed by atoms with E-state index in [1.54, 1.807) is 42.7 Å². The van der Waals surface area contributed by atoms with Crippen molar-refractivity contribution in [1.29, 1.82) is 0 Å². The largest absolute Gasteiger partial charge is 0.340 e. The maximum atomic E-state index is 12.8. The van der Waals surface area contributed by atoms with Crippen LogP contribution in [0.15, 0.2) is 48.5 Å². The van der Waals surface area contributed by atoms with Crippen molar-refractivity contribution in [1.82, 2.24) is 5.32 Å². The minimum atomic E-state index is -0.964. The van der Waals surface area contributed by atoms with Crippen molar-refractivity contribution in [2.45, 2.75) is 32.1 Å². The number of halogens is 1. The first kappa shape index (κ1) is 22.1. The number of hydrogen-bond acceptors (Lipinski definition) is 3. The maximum Gasteiger partial charge on any atom is 0.251 e. The highest BCUT2D eigenvalue weighted by atomic mass is 35.5. The van der Waals surface area contributed by atoms with E-state index in [9.17, 15) is 13.8 Å². The molecule has 2 rings (SSSR count). The topological polar surface area (TPSA) is 75.3 Å². The molecule has 0 aromatic heterocycles. The molecule has 0 aliphatic rings. The first-order valence-electron chi connectivity index (χ1n) is 9.01. The lowest BCUT2D eigenvalue weighted by Crippen LogP contribution is -2.44. The molecule has 0 aliphatic heterocycles. The number of nitrogens with one attached hydrogen (secondary N) is 2. The molecule has 0 radical (unpaired) electrons. The molecule has 2 aromatic rings. The van der Waals surface area contributed by atoms with Gasteiger partial charge in [-0.1, -0.05) is 37.6 Å². The van der Waals surface area contributed by atoms with E-state index in [2.05, 4.69) is 10.6 Å². The average molecular weight is 421 g/mol. The normalized spacial score (nSPS) is 13.0. The van der Waals surface area contributed by atoms with Crippen LogP contribution < -0.4 is 10.6 Å². The van der Waals surface area contributed by atoms with Crippen LogP contribution in [0, 0.1) is 5.92 Å². The Hall–Kier alpha value is -2.18. The Kier molecular flexibility index (Phi) is 8.20. The monoisotopic (exact) mass is 420 g/mol. The third-order valence-corrected chi connectivity index (χ3v) is 4.99. The van der Waals surface area contributed by atoms with Gasteiger partial charge in [-0.25, -0.2) is 0 Å². The zero-order chi connectivity index (χ0) is 20.7. The number of anilines is 1. The van der Waals surface area contributed by atoms with Crippen molar-refractivity contribution in [3.05, 3.63) is 64.7 Å². The molecule has 2 aromatic carbocycles. The highest BCUT2D eigenvalue weighted by Gasteiger charge is 2.22. The van der Waals surface area contributed by atoms with Crippen molar-refractivity contribution in [3.8, 4) is 0 Å². The molecule has 0 heterocycles. The predicted molar refractivity (Wildman–Crippen MR) is 115 cm³/mol. The van der Waals surface area contributed by atoms with Crippen molar-refractivity contribution in [3.63, 3.8) is 0 Å². The molecule has 28 heavy (non-hydrogen) atoms. The van der Waals surface area contributed by atoms with Gasteiger partial charge in [0.25, 0.3) is 5.91 Å². The van der Waals surface area contributed by atoms with Crippen LogP contribution in [0.3, 0.4) is 0 Å². The van der Waals surface area contributed by atoms with E-state index in [1.807, 2.05) is 26.0 Å². The fraction of sp³-hybridized carbons (Fsp3) is 0.333. The van der Waals surface area contributed by atoms with Crippen molar-refractivity contribution in [2.24, 2.45) is 5.92 Å². The van der Waals surface area contributed by atoms with E-state index in [0.29, 0.717) is 28.4 Å². The van der Waals surface area contributed by atoms with Gasteiger partial charge in [-0.05, 0) is 54.3 Å². The summed E-state index contributed by atoms with van der Waals surface area (Å²) in [6.45, 7) is 3.98. The molecule has 0 fully saturated rings. The summed E-state index contributed by atoms with van der Waals surface area (Å²) in [6.07, 6.45) is 2.14. The minimum absolute atomic E-state index is 0.218. The van der Waals surface area contributed by atoms with Gasteiger partial charge in [0.1, 0.15) is 6.04 Å². The molecule has 0 spiro atoms. The fourth-order valence-electron chi connectivity index (χ4n) is 2.75. The predicted octanol–water partition coefficient (Wildman–Crippen LogP) is 4.00.